The van der Waals surface area contributed by atoms with Gasteiger partial charge in [0.05, 0.1) is 0 Å². The van der Waals surface area contributed by atoms with Gasteiger partial charge in [0.15, 0.2) is 0 Å². The van der Waals surface area contributed by atoms with Crippen molar-refractivity contribution in [3.05, 3.63) is 0 Å². The van der Waals surface area contributed by atoms with Gasteiger partial charge in [-0.25, -0.2) is 0 Å². The van der Waals surface area contributed by atoms with Crippen molar-refractivity contribution in [2.24, 2.45) is 11.3 Å². The van der Waals surface area contributed by atoms with E-state index < -0.39 is 0 Å². The molecule has 134 valence electrons. The molecule has 4 aliphatic rings. The smallest absolute Gasteiger partial charge is 0.225 e. The quantitative estimate of drug-likeness (QED) is 0.838. The number of carbonyl (C=O) groups is 2. The Morgan fingerprint density at radius 2 is 1.83 bits per heavy atom. The molecular formula is C19H31N3O2. The first-order valence-electron chi connectivity index (χ1n) is 9.96. The molecule has 2 amide bonds. The SMILES string of the molecule is O=C([C@H]1CCCNCC1)N1CCC2(CCC(=O)N(C3CC3)C2)CC1. The second-order valence-electron chi connectivity index (χ2n) is 8.46. The Labute approximate surface area is 145 Å². The molecule has 3 saturated heterocycles. The molecule has 0 aromatic carbocycles. The number of carbonyl (C=O) groups excluding carboxylic acids is 2. The number of nitrogens with one attached hydrogen (secondary N) is 1. The Morgan fingerprint density at radius 3 is 2.58 bits per heavy atom. The maximum atomic E-state index is 12.8. The van der Waals surface area contributed by atoms with Gasteiger partial charge < -0.3 is 15.1 Å². The molecule has 1 N–H and O–H groups in total. The summed E-state index contributed by atoms with van der Waals surface area (Å²) >= 11 is 0. The van der Waals surface area contributed by atoms with E-state index in [9.17, 15) is 9.59 Å². The van der Waals surface area contributed by atoms with E-state index in [0.717, 1.165) is 77.7 Å². The third-order valence-corrected chi connectivity index (χ3v) is 6.74. The van der Waals surface area contributed by atoms with E-state index in [4.69, 9.17) is 0 Å². The molecule has 5 nitrogen and oxygen atoms in total. The van der Waals surface area contributed by atoms with Gasteiger partial charge in [-0.3, -0.25) is 9.59 Å². The molecule has 1 atom stereocenters. The molecular weight excluding hydrogens is 302 g/mol. The van der Waals surface area contributed by atoms with Crippen LogP contribution in [-0.4, -0.2) is 60.4 Å². The highest BCUT2D eigenvalue weighted by atomic mass is 16.2. The maximum Gasteiger partial charge on any atom is 0.225 e. The van der Waals surface area contributed by atoms with E-state index in [1.54, 1.807) is 0 Å². The number of rotatable bonds is 2. The molecule has 3 heterocycles. The highest BCUT2D eigenvalue weighted by Gasteiger charge is 2.45. The minimum absolute atomic E-state index is 0.227. The molecule has 4 rings (SSSR count). The summed E-state index contributed by atoms with van der Waals surface area (Å²) in [5, 5.41) is 3.40. The summed E-state index contributed by atoms with van der Waals surface area (Å²) in [5.74, 6) is 0.983. The van der Waals surface area contributed by atoms with Crippen molar-refractivity contribution in [1.29, 1.82) is 0 Å². The second kappa shape index (κ2) is 6.66. The molecule has 1 aliphatic carbocycles. The van der Waals surface area contributed by atoms with Gasteiger partial charge in [0.2, 0.25) is 11.8 Å². The predicted molar refractivity (Wildman–Crippen MR) is 92.4 cm³/mol. The maximum absolute atomic E-state index is 12.8. The van der Waals surface area contributed by atoms with Crippen LogP contribution < -0.4 is 5.32 Å². The molecule has 0 aromatic rings. The van der Waals surface area contributed by atoms with Gasteiger partial charge in [0.1, 0.15) is 0 Å². The fourth-order valence-electron chi connectivity index (χ4n) is 4.90. The van der Waals surface area contributed by atoms with Gasteiger partial charge in [-0.1, -0.05) is 0 Å². The van der Waals surface area contributed by atoms with Crippen molar-refractivity contribution in [2.75, 3.05) is 32.7 Å². The molecule has 4 fully saturated rings. The van der Waals surface area contributed by atoms with Gasteiger partial charge in [-0.2, -0.15) is 0 Å². The summed E-state index contributed by atoms with van der Waals surface area (Å²) < 4.78 is 0. The fraction of sp³-hybridized carbons (Fsp3) is 0.895. The third-order valence-electron chi connectivity index (χ3n) is 6.74. The average molecular weight is 333 g/mol. The van der Waals surface area contributed by atoms with Gasteiger partial charge in [-0.15, -0.1) is 0 Å². The molecule has 5 heteroatoms. The van der Waals surface area contributed by atoms with E-state index in [1.807, 2.05) is 0 Å². The Balaban J connectivity index is 1.34. The van der Waals surface area contributed by atoms with Crippen molar-refractivity contribution >= 4 is 11.8 Å². The summed E-state index contributed by atoms with van der Waals surface area (Å²) in [7, 11) is 0. The molecule has 0 aromatic heterocycles. The molecule has 1 saturated carbocycles. The van der Waals surface area contributed by atoms with E-state index in [2.05, 4.69) is 15.1 Å². The summed E-state index contributed by atoms with van der Waals surface area (Å²) in [4.78, 5) is 29.3. The van der Waals surface area contributed by atoms with E-state index in [1.165, 1.54) is 12.8 Å². The van der Waals surface area contributed by atoms with Crippen LogP contribution in [0.15, 0.2) is 0 Å². The molecule has 0 bridgehead atoms. The lowest BCUT2D eigenvalue weighted by molar-refractivity contribution is -0.144. The largest absolute Gasteiger partial charge is 0.342 e. The van der Waals surface area contributed by atoms with Crippen LogP contribution in [0.4, 0.5) is 0 Å². The first-order chi connectivity index (χ1) is 11.7. The summed E-state index contributed by atoms with van der Waals surface area (Å²) in [5.41, 5.74) is 0.290. The minimum atomic E-state index is 0.227. The van der Waals surface area contributed by atoms with Crippen LogP contribution in [0.3, 0.4) is 0 Å². The monoisotopic (exact) mass is 333 g/mol. The number of amides is 2. The number of piperidine rings is 2. The second-order valence-corrected chi connectivity index (χ2v) is 8.46. The lowest BCUT2D eigenvalue weighted by Crippen LogP contribution is -2.53. The molecule has 3 aliphatic heterocycles. The van der Waals surface area contributed by atoms with Crippen molar-refractivity contribution in [3.8, 4) is 0 Å². The van der Waals surface area contributed by atoms with Crippen LogP contribution >= 0.6 is 0 Å². The lowest BCUT2D eigenvalue weighted by atomic mass is 9.72. The molecule has 24 heavy (non-hydrogen) atoms. The zero-order valence-corrected chi connectivity index (χ0v) is 14.8. The zero-order valence-electron chi connectivity index (χ0n) is 14.8. The Kier molecular flexibility index (Phi) is 4.54. The average Bonchev–Trinajstić information content (AvgIpc) is 3.44. The van der Waals surface area contributed by atoms with Crippen molar-refractivity contribution in [1.82, 2.24) is 15.1 Å². The minimum Gasteiger partial charge on any atom is -0.342 e. The molecule has 1 spiro atoms. The van der Waals surface area contributed by atoms with Crippen LogP contribution in [0.1, 0.15) is 57.8 Å². The molecule has 0 unspecified atom stereocenters. The highest BCUT2D eigenvalue weighted by Crippen LogP contribution is 2.43. The number of likely N-dealkylation sites (tertiary alicyclic amines) is 2. The topological polar surface area (TPSA) is 52.7 Å². The number of hydrogen-bond acceptors (Lipinski definition) is 3. The van der Waals surface area contributed by atoms with E-state index in [0.29, 0.717) is 17.9 Å². The van der Waals surface area contributed by atoms with Gasteiger partial charge >= 0.3 is 0 Å². The van der Waals surface area contributed by atoms with E-state index in [-0.39, 0.29) is 11.3 Å². The first-order valence-corrected chi connectivity index (χ1v) is 9.96. The van der Waals surface area contributed by atoms with Crippen LogP contribution in [0, 0.1) is 11.3 Å². The third kappa shape index (κ3) is 3.32. The van der Waals surface area contributed by atoms with Crippen LogP contribution in [-0.2, 0) is 9.59 Å². The van der Waals surface area contributed by atoms with Gasteiger partial charge in [0, 0.05) is 38.0 Å². The summed E-state index contributed by atoms with van der Waals surface area (Å²) in [6.07, 6.45) is 9.46. The predicted octanol–water partition coefficient (Wildman–Crippen LogP) is 1.77. The summed E-state index contributed by atoms with van der Waals surface area (Å²) in [6.45, 7) is 4.78. The standard InChI is InChI=1S/C19H31N3O2/c23-17-5-7-19(14-22(17)16-3-4-16)8-12-21(13-9-19)18(24)15-2-1-10-20-11-6-15/h15-16,20H,1-14H2/t15-/m0/s1. The number of hydrogen-bond donors (Lipinski definition) is 1. The highest BCUT2D eigenvalue weighted by molar-refractivity contribution is 5.79. The van der Waals surface area contributed by atoms with Crippen LogP contribution in [0.2, 0.25) is 0 Å². The van der Waals surface area contributed by atoms with Crippen molar-refractivity contribution in [3.63, 3.8) is 0 Å². The van der Waals surface area contributed by atoms with Gasteiger partial charge in [0.25, 0.3) is 0 Å². The van der Waals surface area contributed by atoms with Crippen molar-refractivity contribution in [2.45, 2.75) is 63.8 Å². The lowest BCUT2D eigenvalue weighted by Gasteiger charge is -2.48. The van der Waals surface area contributed by atoms with Crippen LogP contribution in [0.5, 0.6) is 0 Å². The Bertz CT molecular complexity index is 487. The Morgan fingerprint density at radius 1 is 1.04 bits per heavy atom. The molecule has 0 radical (unpaired) electrons. The van der Waals surface area contributed by atoms with Gasteiger partial charge in [-0.05, 0) is 69.9 Å². The number of nitrogens with zero attached hydrogens (tertiary/aromatic N) is 2. The van der Waals surface area contributed by atoms with E-state index >= 15 is 0 Å². The van der Waals surface area contributed by atoms with Crippen LogP contribution in [0.25, 0.3) is 0 Å². The fourth-order valence-corrected chi connectivity index (χ4v) is 4.90. The Hall–Kier alpha value is -1.10. The first kappa shape index (κ1) is 16.4. The summed E-state index contributed by atoms with van der Waals surface area (Å²) in [6, 6.07) is 0.535. The zero-order chi connectivity index (χ0) is 16.6. The van der Waals surface area contributed by atoms with Crippen molar-refractivity contribution < 1.29 is 9.59 Å². The normalized spacial score (nSPS) is 31.2.